The fourth-order valence-electron chi connectivity index (χ4n) is 2.48. The van der Waals surface area contributed by atoms with E-state index in [-0.39, 0.29) is 6.10 Å². The minimum Gasteiger partial charge on any atom is -0.373 e. The summed E-state index contributed by atoms with van der Waals surface area (Å²) in [5.41, 5.74) is 1.19. The third kappa shape index (κ3) is 2.93. The van der Waals surface area contributed by atoms with E-state index < -0.39 is 5.82 Å². The fourth-order valence-corrected chi connectivity index (χ4v) is 2.48. The van der Waals surface area contributed by atoms with Crippen LogP contribution >= 0.6 is 0 Å². The van der Waals surface area contributed by atoms with Gasteiger partial charge in [-0.25, -0.2) is 14.4 Å². The van der Waals surface area contributed by atoms with Crippen LogP contribution in [0.5, 0.6) is 0 Å². The molecule has 4 nitrogen and oxygen atoms in total. The Hall–Kier alpha value is -2.01. The normalized spacial score (nSPS) is 21.9. The molecule has 1 N–H and O–H groups in total. The van der Waals surface area contributed by atoms with E-state index in [4.69, 9.17) is 4.74 Å². The minimum absolute atomic E-state index is 0.101. The van der Waals surface area contributed by atoms with Crippen LogP contribution in [0.25, 0.3) is 0 Å². The Kier molecular flexibility index (Phi) is 3.87. The van der Waals surface area contributed by atoms with Crippen molar-refractivity contribution < 1.29 is 9.13 Å². The van der Waals surface area contributed by atoms with Crippen molar-refractivity contribution in [1.82, 2.24) is 9.97 Å². The van der Waals surface area contributed by atoms with Gasteiger partial charge >= 0.3 is 0 Å². The largest absolute Gasteiger partial charge is 0.373 e. The maximum absolute atomic E-state index is 12.7. The Labute approximate surface area is 117 Å². The molecule has 0 radical (unpaired) electrons. The second-order valence-electron chi connectivity index (χ2n) is 4.86. The SMILES string of the molecule is Fc1cnc(NC[C@H]2CCO[C@@H]2c2ccccc2)nc1. The predicted octanol–water partition coefficient (Wildman–Crippen LogP) is 2.81. The monoisotopic (exact) mass is 273 g/mol. The van der Waals surface area contributed by atoms with Crippen LogP contribution in [0.1, 0.15) is 18.1 Å². The molecule has 1 aromatic heterocycles. The molecular formula is C15H16FN3O. The lowest BCUT2D eigenvalue weighted by molar-refractivity contribution is 0.0933. The molecule has 0 saturated carbocycles. The van der Waals surface area contributed by atoms with Gasteiger partial charge in [-0.05, 0) is 12.0 Å². The highest BCUT2D eigenvalue weighted by atomic mass is 19.1. The van der Waals surface area contributed by atoms with E-state index >= 15 is 0 Å². The number of halogens is 1. The second kappa shape index (κ2) is 5.96. The standard InChI is InChI=1S/C15H16FN3O/c16-13-9-18-15(19-10-13)17-8-12-6-7-20-14(12)11-4-2-1-3-5-11/h1-5,9-10,12,14H,6-8H2,(H,17,18,19)/t12-,14-/m1/s1. The van der Waals surface area contributed by atoms with E-state index in [1.54, 1.807) is 0 Å². The predicted molar refractivity (Wildman–Crippen MR) is 73.7 cm³/mol. The van der Waals surface area contributed by atoms with Crippen LogP contribution in [0.4, 0.5) is 10.3 Å². The van der Waals surface area contributed by atoms with Crippen molar-refractivity contribution in [2.45, 2.75) is 12.5 Å². The zero-order chi connectivity index (χ0) is 13.8. The van der Waals surface area contributed by atoms with Crippen molar-refractivity contribution in [3.05, 3.63) is 54.1 Å². The third-order valence-corrected chi connectivity index (χ3v) is 3.49. The van der Waals surface area contributed by atoms with E-state index in [0.717, 1.165) is 25.4 Å². The summed E-state index contributed by atoms with van der Waals surface area (Å²) in [6, 6.07) is 10.2. The molecule has 1 aliphatic heterocycles. The summed E-state index contributed by atoms with van der Waals surface area (Å²) >= 11 is 0. The highest BCUT2D eigenvalue weighted by Crippen LogP contribution is 2.34. The van der Waals surface area contributed by atoms with E-state index in [1.807, 2.05) is 18.2 Å². The maximum Gasteiger partial charge on any atom is 0.222 e. The lowest BCUT2D eigenvalue weighted by atomic mass is 9.95. The summed E-state index contributed by atoms with van der Waals surface area (Å²) in [4.78, 5) is 7.80. The Morgan fingerprint density at radius 1 is 1.20 bits per heavy atom. The lowest BCUT2D eigenvalue weighted by Gasteiger charge is -2.19. The average Bonchev–Trinajstić information content (AvgIpc) is 2.96. The zero-order valence-corrected chi connectivity index (χ0v) is 11.0. The molecule has 104 valence electrons. The number of benzene rings is 1. The van der Waals surface area contributed by atoms with Crippen LogP contribution in [0, 0.1) is 11.7 Å². The van der Waals surface area contributed by atoms with Gasteiger partial charge in [-0.15, -0.1) is 0 Å². The van der Waals surface area contributed by atoms with Crippen LogP contribution < -0.4 is 5.32 Å². The number of rotatable bonds is 4. The molecule has 0 amide bonds. The first kappa shape index (κ1) is 13.0. The van der Waals surface area contributed by atoms with Crippen molar-refractivity contribution in [1.29, 1.82) is 0 Å². The van der Waals surface area contributed by atoms with Gasteiger partial charge in [0.05, 0.1) is 18.5 Å². The molecule has 1 fully saturated rings. The number of ether oxygens (including phenoxy) is 1. The van der Waals surface area contributed by atoms with Crippen molar-refractivity contribution >= 4 is 5.95 Å². The molecule has 1 aromatic carbocycles. The lowest BCUT2D eigenvalue weighted by Crippen LogP contribution is -2.19. The van der Waals surface area contributed by atoms with Gasteiger partial charge in [0.15, 0.2) is 5.82 Å². The third-order valence-electron chi connectivity index (χ3n) is 3.49. The van der Waals surface area contributed by atoms with Gasteiger partial charge in [-0.1, -0.05) is 30.3 Å². The van der Waals surface area contributed by atoms with Crippen LogP contribution in [0.3, 0.4) is 0 Å². The maximum atomic E-state index is 12.7. The van der Waals surface area contributed by atoms with Crippen molar-refractivity contribution in [3.63, 3.8) is 0 Å². The molecule has 0 bridgehead atoms. The molecule has 2 heterocycles. The summed E-state index contributed by atoms with van der Waals surface area (Å²) in [7, 11) is 0. The molecule has 0 spiro atoms. The number of anilines is 1. The summed E-state index contributed by atoms with van der Waals surface area (Å²) in [5, 5.41) is 3.14. The van der Waals surface area contributed by atoms with Gasteiger partial charge in [0.25, 0.3) is 0 Å². The number of aromatic nitrogens is 2. The molecule has 0 aliphatic carbocycles. The van der Waals surface area contributed by atoms with Crippen molar-refractivity contribution in [2.75, 3.05) is 18.5 Å². The molecule has 1 aliphatic rings. The van der Waals surface area contributed by atoms with Crippen molar-refractivity contribution in [2.24, 2.45) is 5.92 Å². The van der Waals surface area contributed by atoms with E-state index in [9.17, 15) is 4.39 Å². The highest BCUT2D eigenvalue weighted by molar-refractivity contribution is 5.24. The Morgan fingerprint density at radius 2 is 1.95 bits per heavy atom. The van der Waals surface area contributed by atoms with Crippen LogP contribution in [-0.2, 0) is 4.74 Å². The van der Waals surface area contributed by atoms with Gasteiger partial charge in [-0.2, -0.15) is 0 Å². The second-order valence-corrected chi connectivity index (χ2v) is 4.86. The average molecular weight is 273 g/mol. The summed E-state index contributed by atoms with van der Waals surface area (Å²) in [6.45, 7) is 1.47. The Morgan fingerprint density at radius 3 is 2.70 bits per heavy atom. The van der Waals surface area contributed by atoms with Gasteiger partial charge in [0.2, 0.25) is 5.95 Å². The van der Waals surface area contributed by atoms with Gasteiger partial charge in [0, 0.05) is 19.1 Å². The van der Waals surface area contributed by atoms with Crippen LogP contribution in [0.15, 0.2) is 42.7 Å². The van der Waals surface area contributed by atoms with Crippen molar-refractivity contribution in [3.8, 4) is 0 Å². The van der Waals surface area contributed by atoms with E-state index in [0.29, 0.717) is 18.4 Å². The number of nitrogens with one attached hydrogen (secondary N) is 1. The highest BCUT2D eigenvalue weighted by Gasteiger charge is 2.29. The quantitative estimate of drug-likeness (QED) is 0.930. The van der Waals surface area contributed by atoms with Gasteiger partial charge < -0.3 is 10.1 Å². The molecule has 5 heteroatoms. The number of hydrogen-bond donors (Lipinski definition) is 1. The molecular weight excluding hydrogens is 257 g/mol. The first-order valence-corrected chi connectivity index (χ1v) is 6.71. The van der Waals surface area contributed by atoms with Crippen LogP contribution in [-0.4, -0.2) is 23.1 Å². The van der Waals surface area contributed by atoms with Gasteiger partial charge in [-0.3, -0.25) is 0 Å². The molecule has 2 atom stereocenters. The number of nitrogens with zero attached hydrogens (tertiary/aromatic N) is 2. The summed E-state index contributed by atoms with van der Waals surface area (Å²) in [6.07, 6.45) is 3.42. The van der Waals surface area contributed by atoms with E-state index in [2.05, 4.69) is 27.4 Å². The molecule has 20 heavy (non-hydrogen) atoms. The zero-order valence-electron chi connectivity index (χ0n) is 11.0. The first-order chi connectivity index (χ1) is 9.83. The minimum atomic E-state index is -0.429. The summed E-state index contributed by atoms with van der Waals surface area (Å²) in [5.74, 6) is 0.387. The smallest absolute Gasteiger partial charge is 0.222 e. The van der Waals surface area contributed by atoms with Gasteiger partial charge in [0.1, 0.15) is 0 Å². The topological polar surface area (TPSA) is 47.0 Å². The molecule has 3 rings (SSSR count). The number of hydrogen-bond acceptors (Lipinski definition) is 4. The van der Waals surface area contributed by atoms with E-state index in [1.165, 1.54) is 5.56 Å². The fraction of sp³-hybridized carbons (Fsp3) is 0.333. The Bertz CT molecular complexity index is 547. The Balaban J connectivity index is 1.63. The van der Waals surface area contributed by atoms with Crippen LogP contribution in [0.2, 0.25) is 0 Å². The molecule has 1 saturated heterocycles. The first-order valence-electron chi connectivity index (χ1n) is 6.71. The molecule has 2 aromatic rings. The summed E-state index contributed by atoms with van der Waals surface area (Å²) < 4.78 is 18.6. The molecule has 0 unspecified atom stereocenters.